The van der Waals surface area contributed by atoms with Gasteiger partial charge in [-0.2, -0.15) is 0 Å². The molecular weight excluding hydrogens is 292 g/mol. The van der Waals surface area contributed by atoms with Crippen molar-refractivity contribution in [2.24, 2.45) is 0 Å². The number of hydrogen-bond donors (Lipinski definition) is 0. The first-order valence-electron chi connectivity index (χ1n) is 8.38. The Morgan fingerprint density at radius 3 is 2.57 bits per heavy atom. The lowest BCUT2D eigenvalue weighted by atomic mass is 10.2. The molecule has 0 unspecified atom stereocenters. The van der Waals surface area contributed by atoms with Crippen LogP contribution in [0.25, 0.3) is 10.9 Å². The van der Waals surface area contributed by atoms with E-state index in [9.17, 15) is 9.59 Å². The topological polar surface area (TPSA) is 68.1 Å². The predicted molar refractivity (Wildman–Crippen MR) is 85.9 cm³/mol. The summed E-state index contributed by atoms with van der Waals surface area (Å²) in [6.45, 7) is -0.0103. The van der Waals surface area contributed by atoms with Gasteiger partial charge in [0.15, 0.2) is 0 Å². The molecular formula is C17H20N4O2. The van der Waals surface area contributed by atoms with Crippen LogP contribution in [0.4, 0.5) is 0 Å². The van der Waals surface area contributed by atoms with Crippen molar-refractivity contribution in [3.63, 3.8) is 0 Å². The van der Waals surface area contributed by atoms with E-state index in [-0.39, 0.29) is 18.0 Å². The molecule has 120 valence electrons. The van der Waals surface area contributed by atoms with Crippen LogP contribution in [0, 0.1) is 0 Å². The number of carbonyl (C=O) groups excluding carboxylic acids is 1. The fraction of sp³-hybridized carbons (Fsp3) is 0.529. The van der Waals surface area contributed by atoms with Crippen LogP contribution in [0.15, 0.2) is 29.1 Å². The number of hydrogen-bond acceptors (Lipinski definition) is 4. The zero-order valence-corrected chi connectivity index (χ0v) is 13.0. The van der Waals surface area contributed by atoms with Gasteiger partial charge in [0.2, 0.25) is 5.91 Å². The van der Waals surface area contributed by atoms with Crippen LogP contribution in [0.3, 0.4) is 0 Å². The summed E-state index contributed by atoms with van der Waals surface area (Å²) in [4.78, 5) is 27.3. The first-order valence-corrected chi connectivity index (χ1v) is 8.38. The van der Waals surface area contributed by atoms with Crippen molar-refractivity contribution < 1.29 is 4.79 Å². The number of rotatable bonds is 4. The Labute approximate surface area is 134 Å². The molecule has 0 atom stereocenters. The van der Waals surface area contributed by atoms with E-state index in [1.807, 2.05) is 11.0 Å². The summed E-state index contributed by atoms with van der Waals surface area (Å²) in [7, 11) is 0. The van der Waals surface area contributed by atoms with E-state index in [1.54, 1.807) is 18.2 Å². The standard InChI is InChI=1S/C17H20N4O2/c22-16(21(13-9-10-13)12-5-1-2-6-12)11-20-17(23)14-7-3-4-8-15(14)18-19-20/h3-4,7-8,12-13H,1-2,5-6,9-11H2. The molecule has 0 bridgehead atoms. The first kappa shape index (κ1) is 14.4. The number of nitrogens with zero attached hydrogens (tertiary/aromatic N) is 4. The molecule has 1 heterocycles. The quantitative estimate of drug-likeness (QED) is 0.862. The van der Waals surface area contributed by atoms with E-state index in [2.05, 4.69) is 10.3 Å². The lowest BCUT2D eigenvalue weighted by Gasteiger charge is -2.29. The van der Waals surface area contributed by atoms with Gasteiger partial charge in [0.05, 0.1) is 5.39 Å². The maximum absolute atomic E-state index is 12.8. The highest BCUT2D eigenvalue weighted by Crippen LogP contribution is 2.34. The molecule has 2 fully saturated rings. The van der Waals surface area contributed by atoms with E-state index in [0.717, 1.165) is 25.7 Å². The van der Waals surface area contributed by atoms with Crippen molar-refractivity contribution in [1.29, 1.82) is 0 Å². The van der Waals surface area contributed by atoms with Crippen LogP contribution < -0.4 is 5.56 Å². The van der Waals surface area contributed by atoms with Gasteiger partial charge in [0.1, 0.15) is 12.1 Å². The molecule has 4 rings (SSSR count). The van der Waals surface area contributed by atoms with Gasteiger partial charge >= 0.3 is 0 Å². The monoisotopic (exact) mass is 312 g/mol. The second-order valence-electron chi connectivity index (χ2n) is 6.54. The first-order chi connectivity index (χ1) is 11.2. The Kier molecular flexibility index (Phi) is 3.59. The molecule has 1 aromatic carbocycles. The minimum atomic E-state index is -0.244. The van der Waals surface area contributed by atoms with Crippen LogP contribution in [-0.2, 0) is 11.3 Å². The molecule has 1 amide bonds. The average Bonchev–Trinajstić information content (AvgIpc) is 3.24. The summed E-state index contributed by atoms with van der Waals surface area (Å²) < 4.78 is 1.20. The van der Waals surface area contributed by atoms with Gasteiger partial charge in [-0.3, -0.25) is 9.59 Å². The molecule has 23 heavy (non-hydrogen) atoms. The van der Waals surface area contributed by atoms with E-state index in [0.29, 0.717) is 23.0 Å². The second kappa shape index (κ2) is 5.76. The summed E-state index contributed by atoms with van der Waals surface area (Å²) in [5.74, 6) is 0.00563. The van der Waals surface area contributed by atoms with Crippen molar-refractivity contribution in [2.75, 3.05) is 0 Å². The number of carbonyl (C=O) groups is 1. The largest absolute Gasteiger partial charge is 0.335 e. The Morgan fingerprint density at radius 1 is 1.13 bits per heavy atom. The van der Waals surface area contributed by atoms with Crippen LogP contribution in [0.1, 0.15) is 38.5 Å². The molecule has 0 aliphatic heterocycles. The highest BCUT2D eigenvalue weighted by Gasteiger charge is 2.38. The third kappa shape index (κ3) is 2.73. The van der Waals surface area contributed by atoms with E-state index in [4.69, 9.17) is 0 Å². The lowest BCUT2D eigenvalue weighted by molar-refractivity contribution is -0.135. The molecule has 6 heteroatoms. The van der Waals surface area contributed by atoms with Crippen LogP contribution in [0.5, 0.6) is 0 Å². The Balaban J connectivity index is 1.60. The molecule has 0 spiro atoms. The fourth-order valence-corrected chi connectivity index (χ4v) is 3.58. The van der Waals surface area contributed by atoms with Crippen molar-refractivity contribution in [3.05, 3.63) is 34.6 Å². The van der Waals surface area contributed by atoms with Crippen LogP contribution in [0.2, 0.25) is 0 Å². The lowest BCUT2D eigenvalue weighted by Crippen LogP contribution is -2.44. The van der Waals surface area contributed by atoms with E-state index in [1.165, 1.54) is 17.5 Å². The maximum Gasteiger partial charge on any atom is 0.278 e. The summed E-state index contributed by atoms with van der Waals surface area (Å²) >= 11 is 0. The Bertz CT molecular complexity index is 791. The van der Waals surface area contributed by atoms with Crippen molar-refractivity contribution in [2.45, 2.75) is 57.2 Å². The van der Waals surface area contributed by atoms with Gasteiger partial charge in [0, 0.05) is 12.1 Å². The molecule has 0 N–H and O–H groups in total. The average molecular weight is 312 g/mol. The predicted octanol–water partition coefficient (Wildman–Crippen LogP) is 1.73. The van der Waals surface area contributed by atoms with Crippen molar-refractivity contribution in [3.8, 4) is 0 Å². The van der Waals surface area contributed by atoms with E-state index < -0.39 is 0 Å². The Morgan fingerprint density at radius 2 is 1.83 bits per heavy atom. The zero-order valence-electron chi connectivity index (χ0n) is 13.0. The van der Waals surface area contributed by atoms with Crippen LogP contribution in [-0.4, -0.2) is 37.9 Å². The summed E-state index contributed by atoms with van der Waals surface area (Å²) in [5.41, 5.74) is 0.321. The fourth-order valence-electron chi connectivity index (χ4n) is 3.58. The number of benzene rings is 1. The minimum absolute atomic E-state index is 0.00563. The molecule has 6 nitrogen and oxygen atoms in total. The van der Waals surface area contributed by atoms with Gasteiger partial charge in [-0.25, -0.2) is 4.68 Å². The maximum atomic E-state index is 12.8. The van der Waals surface area contributed by atoms with Gasteiger partial charge in [-0.05, 0) is 37.8 Å². The Hall–Kier alpha value is -2.24. The molecule has 2 saturated carbocycles. The summed E-state index contributed by atoms with van der Waals surface area (Å²) in [6, 6.07) is 7.82. The highest BCUT2D eigenvalue weighted by molar-refractivity contribution is 5.79. The molecule has 0 saturated heterocycles. The molecule has 1 aromatic heterocycles. The SMILES string of the molecule is O=C(Cn1nnc2ccccc2c1=O)N(C1CCCC1)C1CC1. The molecule has 2 aromatic rings. The van der Waals surface area contributed by atoms with Crippen molar-refractivity contribution >= 4 is 16.8 Å². The highest BCUT2D eigenvalue weighted by atomic mass is 16.2. The normalized spacial score (nSPS) is 18.4. The molecule has 2 aliphatic rings. The van der Waals surface area contributed by atoms with Crippen LogP contribution >= 0.6 is 0 Å². The zero-order chi connectivity index (χ0) is 15.8. The number of fused-ring (bicyclic) bond motifs is 1. The van der Waals surface area contributed by atoms with Gasteiger partial charge in [0.25, 0.3) is 5.56 Å². The summed E-state index contributed by atoms with van der Waals surface area (Å²) in [5, 5.41) is 8.50. The van der Waals surface area contributed by atoms with Gasteiger partial charge in [-0.15, -0.1) is 5.10 Å². The smallest absolute Gasteiger partial charge is 0.278 e. The summed E-state index contributed by atoms with van der Waals surface area (Å²) in [6.07, 6.45) is 6.72. The number of amides is 1. The van der Waals surface area contributed by atoms with E-state index >= 15 is 0 Å². The second-order valence-corrected chi connectivity index (χ2v) is 6.54. The minimum Gasteiger partial charge on any atom is -0.335 e. The van der Waals surface area contributed by atoms with Crippen molar-refractivity contribution in [1.82, 2.24) is 19.9 Å². The number of aromatic nitrogens is 3. The van der Waals surface area contributed by atoms with Gasteiger partial charge in [-0.1, -0.05) is 30.2 Å². The third-order valence-corrected chi connectivity index (χ3v) is 4.86. The third-order valence-electron chi connectivity index (χ3n) is 4.86. The molecule has 0 radical (unpaired) electrons. The molecule has 2 aliphatic carbocycles. The van der Waals surface area contributed by atoms with Gasteiger partial charge < -0.3 is 4.90 Å².